The van der Waals surface area contributed by atoms with Crippen LogP contribution in [0.4, 0.5) is 11.9 Å². The molecule has 25 heavy (non-hydrogen) atoms. The third-order valence-electron chi connectivity index (χ3n) is 3.50. The molecule has 3 aliphatic rings. The van der Waals surface area contributed by atoms with Gasteiger partial charge in [0.1, 0.15) is 6.61 Å². The Hall–Kier alpha value is -1.56. The smallest absolute Gasteiger partial charge is 0.462 e. The number of hydrogen-bond donors (Lipinski definition) is 4. The van der Waals surface area contributed by atoms with Crippen LogP contribution >= 0.6 is 7.82 Å². The lowest BCUT2D eigenvalue weighted by Gasteiger charge is -2.43. The number of ether oxygens (including phenoxy) is 1. The van der Waals surface area contributed by atoms with Crippen molar-refractivity contribution in [2.24, 2.45) is 5.41 Å². The van der Waals surface area contributed by atoms with Gasteiger partial charge in [-0.3, -0.25) is 13.6 Å². The molecule has 4 N–H and O–H groups in total. The molecule has 1 aromatic heterocycles. The Morgan fingerprint density at radius 3 is 2.00 bits per heavy atom. The van der Waals surface area contributed by atoms with Crippen molar-refractivity contribution in [1.29, 1.82) is 0 Å². The fourth-order valence-corrected chi connectivity index (χ4v) is 3.66. The van der Waals surface area contributed by atoms with Gasteiger partial charge in [0.05, 0.1) is 38.4 Å². The number of aromatic nitrogens is 3. The van der Waals surface area contributed by atoms with Crippen LogP contribution in [0.15, 0.2) is 0 Å². The first-order chi connectivity index (χ1) is 12.1. The van der Waals surface area contributed by atoms with Crippen LogP contribution in [0.2, 0.25) is 0 Å². The molecule has 3 aliphatic heterocycles. The monoisotopic (exact) mass is 377 g/mol. The van der Waals surface area contributed by atoms with Crippen molar-refractivity contribution in [1.82, 2.24) is 15.0 Å². The zero-order valence-corrected chi connectivity index (χ0v) is 14.3. The second kappa shape index (κ2) is 7.77. The van der Waals surface area contributed by atoms with Gasteiger partial charge in [-0.1, -0.05) is 0 Å². The SMILES string of the molecule is O=P12OCC(COc3nc(NCCO)nc(NCCO)n3)(CO1)CO2. The lowest BCUT2D eigenvalue weighted by Crippen LogP contribution is -2.48. The molecule has 0 radical (unpaired) electrons. The summed E-state index contributed by atoms with van der Waals surface area (Å²) >= 11 is 0. The molecule has 0 saturated carbocycles. The Balaban J connectivity index is 1.67. The van der Waals surface area contributed by atoms with Crippen LogP contribution < -0.4 is 15.4 Å². The Kier molecular flexibility index (Phi) is 5.67. The van der Waals surface area contributed by atoms with Gasteiger partial charge in [0, 0.05) is 13.1 Å². The third-order valence-corrected chi connectivity index (χ3v) is 4.83. The first-order valence-electron chi connectivity index (χ1n) is 7.68. The Labute approximate surface area is 143 Å². The summed E-state index contributed by atoms with van der Waals surface area (Å²) in [5, 5.41) is 23.4. The predicted octanol–water partition coefficient (Wildman–Crippen LogP) is -0.770. The molecule has 0 aromatic carbocycles. The van der Waals surface area contributed by atoms with Crippen LogP contribution in [-0.2, 0) is 18.1 Å². The van der Waals surface area contributed by atoms with Gasteiger partial charge in [-0.05, 0) is 0 Å². The van der Waals surface area contributed by atoms with Crippen molar-refractivity contribution in [3.63, 3.8) is 0 Å². The first kappa shape index (κ1) is 18.2. The standard InChI is InChI=1S/C12H20N5O7P/c18-3-1-13-9-15-10(14-2-4-19)17-11(16-9)21-5-12-6-22-25(20,23-7-12)24-8-12/h18-19H,1-8H2,(H2,13,14,15,16,17). The van der Waals surface area contributed by atoms with Gasteiger partial charge < -0.3 is 25.6 Å². The van der Waals surface area contributed by atoms with E-state index in [0.29, 0.717) is 0 Å². The van der Waals surface area contributed by atoms with Crippen molar-refractivity contribution in [3.05, 3.63) is 0 Å². The maximum absolute atomic E-state index is 11.7. The highest BCUT2D eigenvalue weighted by atomic mass is 31.2. The van der Waals surface area contributed by atoms with Crippen LogP contribution in [0.3, 0.4) is 0 Å². The summed E-state index contributed by atoms with van der Waals surface area (Å²) in [5.74, 6) is 0.440. The molecule has 0 unspecified atom stereocenters. The average Bonchev–Trinajstić information content (AvgIpc) is 2.64. The molecule has 1 aromatic rings. The maximum atomic E-state index is 11.7. The second-order valence-corrected chi connectivity index (χ2v) is 7.29. The number of anilines is 2. The minimum atomic E-state index is -3.37. The van der Waals surface area contributed by atoms with E-state index in [0.717, 1.165) is 0 Å². The maximum Gasteiger partial charge on any atom is 0.474 e. The molecule has 2 bridgehead atoms. The minimum Gasteiger partial charge on any atom is -0.462 e. The molecule has 0 aliphatic carbocycles. The van der Waals surface area contributed by atoms with Crippen LogP contribution in [0.5, 0.6) is 6.01 Å². The second-order valence-electron chi connectivity index (χ2n) is 5.62. The van der Waals surface area contributed by atoms with Crippen molar-refractivity contribution in [2.45, 2.75) is 0 Å². The predicted molar refractivity (Wildman–Crippen MR) is 84.4 cm³/mol. The van der Waals surface area contributed by atoms with E-state index < -0.39 is 13.2 Å². The van der Waals surface area contributed by atoms with Gasteiger partial charge in [-0.15, -0.1) is 0 Å². The number of nitrogens with zero attached hydrogens (tertiary/aromatic N) is 3. The van der Waals surface area contributed by atoms with Gasteiger partial charge in [-0.2, -0.15) is 15.0 Å². The van der Waals surface area contributed by atoms with Crippen molar-refractivity contribution in [2.75, 3.05) is 63.4 Å². The van der Waals surface area contributed by atoms with Gasteiger partial charge in [-0.25, -0.2) is 4.57 Å². The fourth-order valence-electron chi connectivity index (χ4n) is 2.14. The van der Waals surface area contributed by atoms with Gasteiger partial charge >= 0.3 is 13.8 Å². The van der Waals surface area contributed by atoms with E-state index in [1.54, 1.807) is 0 Å². The van der Waals surface area contributed by atoms with E-state index in [9.17, 15) is 4.57 Å². The van der Waals surface area contributed by atoms with Crippen LogP contribution in [-0.4, -0.2) is 77.9 Å². The summed E-state index contributed by atoms with van der Waals surface area (Å²) in [5.41, 5.74) is -0.587. The zero-order chi connectivity index (χ0) is 17.8. The van der Waals surface area contributed by atoms with Gasteiger partial charge in [0.25, 0.3) is 0 Å². The summed E-state index contributed by atoms with van der Waals surface area (Å²) in [6.07, 6.45) is 0. The topological polar surface area (TPSA) is 157 Å². The minimum absolute atomic E-state index is 0.0459. The lowest BCUT2D eigenvalue weighted by molar-refractivity contribution is -0.111. The molecule has 0 spiro atoms. The molecule has 13 heteroatoms. The van der Waals surface area contributed by atoms with E-state index in [4.69, 9.17) is 28.5 Å². The highest BCUT2D eigenvalue weighted by Gasteiger charge is 2.51. The molecule has 12 nitrogen and oxygen atoms in total. The molecular formula is C12H20N5O7P. The van der Waals surface area contributed by atoms with Crippen LogP contribution in [0.1, 0.15) is 0 Å². The normalized spacial score (nSPS) is 27.9. The van der Waals surface area contributed by atoms with E-state index in [1.807, 2.05) is 0 Å². The molecule has 4 heterocycles. The number of aliphatic hydroxyl groups is 2. The van der Waals surface area contributed by atoms with E-state index in [1.165, 1.54) is 0 Å². The number of phosphoric ester groups is 1. The Morgan fingerprint density at radius 2 is 1.52 bits per heavy atom. The number of phosphoric acid groups is 1. The zero-order valence-electron chi connectivity index (χ0n) is 13.4. The highest BCUT2D eigenvalue weighted by molar-refractivity contribution is 7.48. The molecule has 3 saturated heterocycles. The van der Waals surface area contributed by atoms with Gasteiger partial charge in [0.2, 0.25) is 11.9 Å². The largest absolute Gasteiger partial charge is 0.474 e. The molecule has 140 valence electrons. The highest BCUT2D eigenvalue weighted by Crippen LogP contribution is 2.59. The number of fused-ring (bicyclic) bond motifs is 3. The van der Waals surface area contributed by atoms with Crippen LogP contribution in [0, 0.1) is 5.41 Å². The third kappa shape index (κ3) is 4.54. The number of aliphatic hydroxyl groups excluding tert-OH is 2. The van der Waals surface area contributed by atoms with E-state index >= 15 is 0 Å². The molecular weight excluding hydrogens is 357 g/mol. The summed E-state index contributed by atoms with van der Waals surface area (Å²) in [6.45, 7) is 1.07. The Morgan fingerprint density at radius 1 is 1.00 bits per heavy atom. The molecule has 0 atom stereocenters. The van der Waals surface area contributed by atoms with Crippen LogP contribution in [0.25, 0.3) is 0 Å². The quantitative estimate of drug-likeness (QED) is 0.399. The Bertz CT molecular complexity index is 591. The van der Waals surface area contributed by atoms with Crippen molar-refractivity contribution >= 4 is 19.7 Å². The summed E-state index contributed by atoms with van der Waals surface area (Å²) < 4.78 is 32.7. The molecule has 3 fully saturated rings. The average molecular weight is 377 g/mol. The number of nitrogens with one attached hydrogen (secondary N) is 2. The summed E-state index contributed by atoms with van der Waals surface area (Å²) in [4.78, 5) is 12.3. The van der Waals surface area contributed by atoms with Crippen molar-refractivity contribution < 1.29 is 33.1 Å². The summed E-state index contributed by atoms with van der Waals surface area (Å²) in [7, 11) is -3.37. The molecule has 0 amide bonds. The fraction of sp³-hybridized carbons (Fsp3) is 0.750. The van der Waals surface area contributed by atoms with Crippen molar-refractivity contribution in [3.8, 4) is 6.01 Å². The molecule has 4 rings (SSSR count). The van der Waals surface area contributed by atoms with E-state index in [2.05, 4.69) is 25.6 Å². The first-order valence-corrected chi connectivity index (χ1v) is 9.15. The summed E-state index contributed by atoms with van der Waals surface area (Å²) in [6, 6.07) is 0.0459. The van der Waals surface area contributed by atoms with Gasteiger partial charge in [0.15, 0.2) is 0 Å². The number of rotatable bonds is 9. The van der Waals surface area contributed by atoms with E-state index in [-0.39, 0.29) is 70.6 Å². The lowest BCUT2D eigenvalue weighted by atomic mass is 9.92. The number of hydrogen-bond acceptors (Lipinski definition) is 12.